The molecule has 1 unspecified atom stereocenters. The number of halogens is 1. The predicted octanol–water partition coefficient (Wildman–Crippen LogP) is 4.38. The summed E-state index contributed by atoms with van der Waals surface area (Å²) in [6, 6.07) is 7.09. The number of aromatic amines is 1. The number of benzene rings is 1. The van der Waals surface area contributed by atoms with E-state index in [1.807, 2.05) is 13.8 Å². The van der Waals surface area contributed by atoms with Crippen LogP contribution in [0.25, 0.3) is 17.0 Å². The molecule has 1 aromatic carbocycles. The van der Waals surface area contributed by atoms with Crippen molar-refractivity contribution >= 4 is 34.8 Å². The molecule has 0 radical (unpaired) electrons. The van der Waals surface area contributed by atoms with Crippen LogP contribution in [0, 0.1) is 12.8 Å². The molecule has 2 N–H and O–H groups in total. The number of fused-ring (bicyclic) bond motifs is 1. The van der Waals surface area contributed by atoms with Gasteiger partial charge in [-0.05, 0) is 44.0 Å². The van der Waals surface area contributed by atoms with E-state index in [9.17, 15) is 9.59 Å². The van der Waals surface area contributed by atoms with Crippen LogP contribution in [0.15, 0.2) is 24.3 Å². The van der Waals surface area contributed by atoms with Gasteiger partial charge in [0, 0.05) is 11.3 Å². The molecule has 0 aliphatic carbocycles. The van der Waals surface area contributed by atoms with Gasteiger partial charge in [0.15, 0.2) is 18.1 Å². The number of carbonyl (C=O) groups is 2. The summed E-state index contributed by atoms with van der Waals surface area (Å²) in [5, 5.41) is 10.6. The summed E-state index contributed by atoms with van der Waals surface area (Å²) in [5.74, 6) is -0.320. The highest BCUT2D eigenvalue weighted by atomic mass is 35.5. The van der Waals surface area contributed by atoms with E-state index in [0.717, 1.165) is 30.5 Å². The lowest BCUT2D eigenvalue weighted by atomic mass is 10.00. The van der Waals surface area contributed by atoms with Gasteiger partial charge >= 0.3 is 5.97 Å². The third-order valence-corrected chi connectivity index (χ3v) is 5.36. The second-order valence-electron chi connectivity index (χ2n) is 7.20. The van der Waals surface area contributed by atoms with Crippen molar-refractivity contribution in [3.05, 3.63) is 35.0 Å². The second kappa shape index (κ2) is 9.75. The lowest BCUT2D eigenvalue weighted by Gasteiger charge is -2.13. The first kappa shape index (κ1) is 21.8. The summed E-state index contributed by atoms with van der Waals surface area (Å²) in [6.07, 6.45) is 3.50. The zero-order chi connectivity index (χ0) is 21.7. The number of anilines is 1. The topological polar surface area (TPSA) is 101 Å². The first-order valence-corrected chi connectivity index (χ1v) is 10.5. The monoisotopic (exact) mass is 431 g/mol. The first-order chi connectivity index (χ1) is 14.4. The second-order valence-corrected chi connectivity index (χ2v) is 7.58. The van der Waals surface area contributed by atoms with Gasteiger partial charge in [0.05, 0.1) is 11.6 Å². The van der Waals surface area contributed by atoms with Gasteiger partial charge in [0.1, 0.15) is 5.02 Å². The minimum Gasteiger partial charge on any atom is -0.455 e. The molecule has 1 amide bonds. The number of aryl methyl sites for hydroxylation is 1. The van der Waals surface area contributed by atoms with Crippen LogP contribution in [0.1, 0.15) is 45.2 Å². The number of hydrogen-bond acceptors (Lipinski definition) is 5. The summed E-state index contributed by atoms with van der Waals surface area (Å²) < 4.78 is 6.70. The van der Waals surface area contributed by atoms with Crippen molar-refractivity contribution < 1.29 is 14.3 Å². The number of aromatic nitrogens is 4. The molecule has 1 atom stereocenters. The van der Waals surface area contributed by atoms with Crippen molar-refractivity contribution in [3.8, 4) is 11.4 Å². The van der Waals surface area contributed by atoms with Crippen molar-refractivity contribution in [1.82, 2.24) is 19.8 Å². The quantitative estimate of drug-likeness (QED) is 0.489. The van der Waals surface area contributed by atoms with Gasteiger partial charge in [-0.2, -0.15) is 4.63 Å². The number of amides is 1. The van der Waals surface area contributed by atoms with E-state index in [-0.39, 0.29) is 24.4 Å². The average Bonchev–Trinajstić information content (AvgIpc) is 3.26. The summed E-state index contributed by atoms with van der Waals surface area (Å²) in [5.41, 5.74) is 2.74. The van der Waals surface area contributed by atoms with E-state index in [4.69, 9.17) is 16.3 Å². The van der Waals surface area contributed by atoms with Crippen molar-refractivity contribution in [1.29, 1.82) is 0 Å². The number of hydrogen-bond donors (Lipinski definition) is 2. The zero-order valence-corrected chi connectivity index (χ0v) is 18.1. The summed E-state index contributed by atoms with van der Waals surface area (Å²) in [6.45, 7) is 5.58. The average molecular weight is 432 g/mol. The molecular weight excluding hydrogens is 406 g/mol. The Balaban J connectivity index is 1.55. The molecule has 30 heavy (non-hydrogen) atoms. The Kier molecular flexibility index (Phi) is 7.10. The number of carbonyl (C=O) groups excluding carboxylic acids is 2. The number of rotatable bonds is 9. The minimum absolute atomic E-state index is 0.150. The molecule has 8 nitrogen and oxygen atoms in total. The Morgan fingerprint density at radius 1 is 1.27 bits per heavy atom. The maximum atomic E-state index is 12.1. The lowest BCUT2D eigenvalue weighted by molar-refractivity contribution is -0.151. The van der Waals surface area contributed by atoms with E-state index in [0.29, 0.717) is 28.6 Å². The van der Waals surface area contributed by atoms with Crippen LogP contribution in [0.2, 0.25) is 5.02 Å². The fraction of sp³-hybridized carbons (Fsp3) is 0.429. The maximum Gasteiger partial charge on any atom is 0.309 e. The summed E-state index contributed by atoms with van der Waals surface area (Å²) in [4.78, 5) is 28.7. The van der Waals surface area contributed by atoms with Gasteiger partial charge in [-0.1, -0.05) is 38.3 Å². The number of unbranched alkanes of at least 4 members (excludes halogenated alkanes) is 1. The van der Waals surface area contributed by atoms with Gasteiger partial charge < -0.3 is 10.1 Å². The molecule has 0 fully saturated rings. The van der Waals surface area contributed by atoms with E-state index in [1.54, 1.807) is 24.3 Å². The van der Waals surface area contributed by atoms with Crippen LogP contribution in [0.4, 0.5) is 5.69 Å². The molecule has 0 saturated heterocycles. The molecular formula is C21H26ClN5O3. The van der Waals surface area contributed by atoms with E-state index < -0.39 is 0 Å². The number of esters is 1. The SMILES string of the molecule is CCCCC(CC)C(=O)OCC(=O)Nc1ccc(-c2nc3c(Cl)c(C)[nH]n3n2)cc1. The largest absolute Gasteiger partial charge is 0.455 e. The van der Waals surface area contributed by atoms with Crippen LogP contribution >= 0.6 is 11.6 Å². The zero-order valence-electron chi connectivity index (χ0n) is 17.4. The van der Waals surface area contributed by atoms with Crippen LogP contribution in [0.3, 0.4) is 0 Å². The van der Waals surface area contributed by atoms with Gasteiger partial charge in [0.2, 0.25) is 0 Å². The molecule has 3 aromatic rings. The Bertz CT molecular complexity index is 1030. The molecule has 0 saturated carbocycles. The van der Waals surface area contributed by atoms with Crippen molar-refractivity contribution in [2.24, 2.45) is 5.92 Å². The van der Waals surface area contributed by atoms with E-state index >= 15 is 0 Å². The third kappa shape index (κ3) is 4.99. The Hall–Kier alpha value is -2.87. The molecule has 0 bridgehead atoms. The molecule has 2 aromatic heterocycles. The fourth-order valence-electron chi connectivity index (χ4n) is 3.12. The van der Waals surface area contributed by atoms with Gasteiger partial charge in [0.25, 0.3) is 5.91 Å². The van der Waals surface area contributed by atoms with Crippen LogP contribution < -0.4 is 5.32 Å². The highest BCUT2D eigenvalue weighted by molar-refractivity contribution is 6.34. The number of H-pyrrole nitrogens is 1. The highest BCUT2D eigenvalue weighted by Crippen LogP contribution is 2.24. The van der Waals surface area contributed by atoms with E-state index in [1.165, 1.54) is 4.63 Å². The maximum absolute atomic E-state index is 12.1. The van der Waals surface area contributed by atoms with Crippen LogP contribution in [-0.4, -0.2) is 38.3 Å². The Morgan fingerprint density at radius 3 is 2.63 bits per heavy atom. The van der Waals surface area contributed by atoms with Gasteiger partial charge in [-0.15, -0.1) is 5.10 Å². The third-order valence-electron chi connectivity index (χ3n) is 4.91. The molecule has 160 valence electrons. The lowest BCUT2D eigenvalue weighted by Crippen LogP contribution is -2.24. The first-order valence-electron chi connectivity index (χ1n) is 10.1. The van der Waals surface area contributed by atoms with Crippen LogP contribution in [0.5, 0.6) is 0 Å². The Labute approximate surface area is 179 Å². The number of nitrogens with one attached hydrogen (secondary N) is 2. The summed E-state index contributed by atoms with van der Waals surface area (Å²) >= 11 is 6.19. The highest BCUT2D eigenvalue weighted by Gasteiger charge is 2.18. The summed E-state index contributed by atoms with van der Waals surface area (Å²) in [7, 11) is 0. The molecule has 0 spiro atoms. The Morgan fingerprint density at radius 2 is 2.00 bits per heavy atom. The molecule has 3 rings (SSSR count). The molecule has 2 heterocycles. The van der Waals surface area contributed by atoms with E-state index in [2.05, 4.69) is 27.4 Å². The van der Waals surface area contributed by atoms with Gasteiger partial charge in [-0.3, -0.25) is 14.7 Å². The molecule has 0 aliphatic rings. The van der Waals surface area contributed by atoms with Gasteiger partial charge in [-0.25, -0.2) is 4.98 Å². The normalized spacial score (nSPS) is 12.1. The van der Waals surface area contributed by atoms with Crippen molar-refractivity contribution in [2.45, 2.75) is 46.5 Å². The molecule has 9 heteroatoms. The van der Waals surface area contributed by atoms with Crippen molar-refractivity contribution in [3.63, 3.8) is 0 Å². The standard InChI is InChI=1S/C21H26ClN5O3/c1-4-6-7-14(5-2)21(29)30-12-17(28)23-16-10-8-15(9-11-16)19-24-20-18(22)13(3)25-27(20)26-19/h8-11,14,25H,4-7,12H2,1-3H3,(H,23,28). The van der Waals surface area contributed by atoms with Crippen molar-refractivity contribution in [2.75, 3.05) is 11.9 Å². The fourth-order valence-corrected chi connectivity index (χ4v) is 3.29. The van der Waals surface area contributed by atoms with Crippen LogP contribution in [-0.2, 0) is 14.3 Å². The minimum atomic E-state index is -0.378. The smallest absolute Gasteiger partial charge is 0.309 e. The number of nitrogens with zero attached hydrogens (tertiary/aromatic N) is 3. The predicted molar refractivity (Wildman–Crippen MR) is 115 cm³/mol. The molecule has 0 aliphatic heterocycles. The number of ether oxygens (including phenoxy) is 1.